The molecule has 0 aliphatic rings. The molecule has 0 aromatic heterocycles. The van der Waals surface area contributed by atoms with Gasteiger partial charge in [0.1, 0.15) is 0 Å². The molecule has 0 spiro atoms. The average molecular weight is 197 g/mol. The molecule has 0 aliphatic heterocycles. The summed E-state index contributed by atoms with van der Waals surface area (Å²) < 4.78 is 0. The van der Waals surface area contributed by atoms with Crippen LogP contribution in [0.2, 0.25) is 0 Å². The topological polar surface area (TPSA) is 90.1 Å². The molecule has 1 rings (SSSR count). The van der Waals surface area contributed by atoms with Crippen LogP contribution >= 0.6 is 0 Å². The number of benzene rings is 1. The summed E-state index contributed by atoms with van der Waals surface area (Å²) in [7, 11) is 0. The molecule has 76 valence electrons. The Balaban J connectivity index is 2.74. The molecule has 1 aromatic rings. The summed E-state index contributed by atoms with van der Waals surface area (Å²) in [6.07, 6.45) is 1.07. The van der Waals surface area contributed by atoms with Crippen molar-refractivity contribution in [3.05, 3.63) is 22.6 Å². The lowest BCUT2D eigenvalue weighted by Crippen LogP contribution is -1.88. The van der Waals surface area contributed by atoms with E-state index in [2.05, 4.69) is 5.18 Å². The Morgan fingerprint density at radius 3 is 2.21 bits per heavy atom. The van der Waals surface area contributed by atoms with Crippen LogP contribution in [0.3, 0.4) is 0 Å². The van der Waals surface area contributed by atoms with Crippen LogP contribution in [0.15, 0.2) is 17.3 Å². The van der Waals surface area contributed by atoms with Crippen molar-refractivity contribution in [2.24, 2.45) is 5.18 Å². The van der Waals surface area contributed by atoms with Gasteiger partial charge in [0.15, 0.2) is 17.2 Å². The molecule has 0 bridgehead atoms. The smallest absolute Gasteiger partial charge is 0.200 e. The van der Waals surface area contributed by atoms with E-state index in [-0.39, 0.29) is 18.0 Å². The molecule has 0 amide bonds. The molecular weight excluding hydrogens is 186 g/mol. The van der Waals surface area contributed by atoms with Crippen LogP contribution in [-0.2, 0) is 6.42 Å². The fraction of sp³-hybridized carbons (Fsp3) is 0.333. The Bertz CT molecular complexity index is 315. The third-order valence-corrected chi connectivity index (χ3v) is 1.84. The van der Waals surface area contributed by atoms with E-state index < -0.39 is 5.75 Å². The number of phenolic OH excluding ortho intramolecular Hbond substituents is 3. The van der Waals surface area contributed by atoms with Crippen molar-refractivity contribution < 1.29 is 15.3 Å². The monoisotopic (exact) mass is 197 g/mol. The first-order valence-corrected chi connectivity index (χ1v) is 4.18. The van der Waals surface area contributed by atoms with Gasteiger partial charge < -0.3 is 15.3 Å². The molecule has 3 N–H and O–H groups in total. The minimum absolute atomic E-state index is 0.197. The van der Waals surface area contributed by atoms with E-state index in [0.29, 0.717) is 18.4 Å². The van der Waals surface area contributed by atoms with E-state index in [1.165, 1.54) is 12.1 Å². The highest BCUT2D eigenvalue weighted by Gasteiger charge is 2.07. The van der Waals surface area contributed by atoms with Crippen LogP contribution in [-0.4, -0.2) is 21.9 Å². The third-order valence-electron chi connectivity index (χ3n) is 1.84. The molecule has 0 radical (unpaired) electrons. The van der Waals surface area contributed by atoms with Crippen molar-refractivity contribution in [3.63, 3.8) is 0 Å². The van der Waals surface area contributed by atoms with Crippen LogP contribution < -0.4 is 0 Å². The predicted octanol–water partition coefficient (Wildman–Crippen LogP) is 1.50. The van der Waals surface area contributed by atoms with Crippen LogP contribution in [0.25, 0.3) is 0 Å². The Morgan fingerprint density at radius 2 is 1.71 bits per heavy atom. The minimum atomic E-state index is -0.526. The zero-order valence-corrected chi connectivity index (χ0v) is 7.47. The van der Waals surface area contributed by atoms with Crippen molar-refractivity contribution in [1.29, 1.82) is 0 Å². The van der Waals surface area contributed by atoms with E-state index in [1.807, 2.05) is 0 Å². The van der Waals surface area contributed by atoms with Crippen molar-refractivity contribution in [2.75, 3.05) is 6.54 Å². The lowest BCUT2D eigenvalue weighted by molar-refractivity contribution is 0.367. The van der Waals surface area contributed by atoms with E-state index in [1.54, 1.807) is 0 Å². The van der Waals surface area contributed by atoms with Gasteiger partial charge in [-0.15, -0.1) is 0 Å². The lowest BCUT2D eigenvalue weighted by Gasteiger charge is -2.04. The largest absolute Gasteiger partial charge is 0.504 e. The summed E-state index contributed by atoms with van der Waals surface area (Å²) in [6, 6.07) is 2.69. The number of nitroso groups, excluding NO2 is 1. The highest BCUT2D eigenvalue weighted by atomic mass is 16.3. The Hall–Kier alpha value is -1.78. The van der Waals surface area contributed by atoms with Crippen LogP contribution in [0, 0.1) is 4.91 Å². The number of hydrogen-bond acceptors (Lipinski definition) is 5. The fourth-order valence-electron chi connectivity index (χ4n) is 1.15. The molecule has 0 saturated heterocycles. The number of aromatic hydroxyl groups is 3. The molecular formula is C9H11NO4. The van der Waals surface area contributed by atoms with Gasteiger partial charge in [0.2, 0.25) is 0 Å². The minimum Gasteiger partial charge on any atom is -0.504 e. The van der Waals surface area contributed by atoms with Gasteiger partial charge in [-0.3, -0.25) is 0 Å². The first-order chi connectivity index (χ1) is 6.65. The molecule has 5 nitrogen and oxygen atoms in total. The molecule has 0 saturated carbocycles. The summed E-state index contributed by atoms with van der Waals surface area (Å²) >= 11 is 0. The molecule has 0 unspecified atom stereocenters. The quantitative estimate of drug-likeness (QED) is 0.387. The SMILES string of the molecule is O=NCCCc1cc(O)c(O)c(O)c1. The van der Waals surface area contributed by atoms with Crippen LogP contribution in [0.5, 0.6) is 17.2 Å². The Labute approximate surface area is 80.6 Å². The second-order valence-corrected chi connectivity index (χ2v) is 2.94. The van der Waals surface area contributed by atoms with Crippen LogP contribution in [0.1, 0.15) is 12.0 Å². The van der Waals surface area contributed by atoms with E-state index in [4.69, 9.17) is 15.3 Å². The van der Waals surface area contributed by atoms with E-state index in [0.717, 1.165) is 0 Å². The first kappa shape index (κ1) is 10.3. The third kappa shape index (κ3) is 2.35. The van der Waals surface area contributed by atoms with Gasteiger partial charge in [-0.25, -0.2) is 0 Å². The maximum Gasteiger partial charge on any atom is 0.200 e. The maximum absolute atomic E-state index is 9.79. The molecule has 0 heterocycles. The number of hydrogen-bond donors (Lipinski definition) is 3. The Kier molecular flexibility index (Phi) is 3.28. The van der Waals surface area contributed by atoms with E-state index >= 15 is 0 Å². The first-order valence-electron chi connectivity index (χ1n) is 4.18. The lowest BCUT2D eigenvalue weighted by atomic mass is 10.1. The molecule has 5 heteroatoms. The van der Waals surface area contributed by atoms with Gasteiger partial charge in [-0.1, -0.05) is 5.18 Å². The van der Waals surface area contributed by atoms with Gasteiger partial charge in [-0.2, -0.15) is 4.91 Å². The summed E-state index contributed by atoms with van der Waals surface area (Å²) in [5, 5.41) is 30.0. The Morgan fingerprint density at radius 1 is 1.14 bits per heavy atom. The molecule has 14 heavy (non-hydrogen) atoms. The van der Waals surface area contributed by atoms with Gasteiger partial charge in [0.05, 0.1) is 6.54 Å². The maximum atomic E-state index is 9.79. The van der Waals surface area contributed by atoms with E-state index in [9.17, 15) is 4.91 Å². The molecule has 1 aromatic carbocycles. The van der Waals surface area contributed by atoms with Gasteiger partial charge in [0, 0.05) is 0 Å². The highest BCUT2D eigenvalue weighted by Crippen LogP contribution is 2.35. The normalized spacial score (nSPS) is 10.0. The number of aryl methyl sites for hydroxylation is 1. The summed E-state index contributed by atoms with van der Waals surface area (Å²) in [4.78, 5) is 9.79. The highest BCUT2D eigenvalue weighted by molar-refractivity contribution is 5.51. The van der Waals surface area contributed by atoms with Gasteiger partial charge in [0.25, 0.3) is 0 Å². The summed E-state index contributed by atoms with van der Waals surface area (Å²) in [5.41, 5.74) is 0.654. The predicted molar refractivity (Wildman–Crippen MR) is 50.4 cm³/mol. The summed E-state index contributed by atoms with van der Waals surface area (Å²) in [5.74, 6) is -1.25. The molecule has 0 atom stereocenters. The van der Waals surface area contributed by atoms with Crippen LogP contribution in [0.4, 0.5) is 0 Å². The number of rotatable bonds is 4. The van der Waals surface area contributed by atoms with Crippen molar-refractivity contribution in [1.82, 2.24) is 0 Å². The second kappa shape index (κ2) is 4.45. The zero-order chi connectivity index (χ0) is 10.6. The van der Waals surface area contributed by atoms with Crippen molar-refractivity contribution in [2.45, 2.75) is 12.8 Å². The molecule has 0 aliphatic carbocycles. The second-order valence-electron chi connectivity index (χ2n) is 2.94. The zero-order valence-electron chi connectivity index (χ0n) is 7.47. The number of nitrogens with zero attached hydrogens (tertiary/aromatic N) is 1. The standard InChI is InChI=1S/C9H11NO4/c11-7-4-6(2-1-3-10-14)5-8(12)9(7)13/h4-5,11-13H,1-3H2. The van der Waals surface area contributed by atoms with Crippen molar-refractivity contribution >= 4 is 0 Å². The van der Waals surface area contributed by atoms with Gasteiger partial charge >= 0.3 is 0 Å². The number of phenols is 3. The average Bonchev–Trinajstić information content (AvgIpc) is 2.14. The fourth-order valence-corrected chi connectivity index (χ4v) is 1.15. The summed E-state index contributed by atoms with van der Waals surface area (Å²) in [6.45, 7) is 0.197. The van der Waals surface area contributed by atoms with Gasteiger partial charge in [-0.05, 0) is 30.5 Å². The van der Waals surface area contributed by atoms with Crippen molar-refractivity contribution in [3.8, 4) is 17.2 Å². The molecule has 0 fully saturated rings.